The second kappa shape index (κ2) is 5.49. The molecule has 2 aromatic rings. The van der Waals surface area contributed by atoms with Gasteiger partial charge >= 0.3 is 18.9 Å². The molecule has 0 spiro atoms. The monoisotopic (exact) mass is 220 g/mol. The van der Waals surface area contributed by atoms with Gasteiger partial charge in [0.15, 0.2) is 0 Å². The van der Waals surface area contributed by atoms with Crippen LogP contribution in [-0.2, 0) is 4.79 Å². The summed E-state index contributed by atoms with van der Waals surface area (Å²) in [6.45, 7) is 0. The van der Waals surface area contributed by atoms with E-state index in [1.54, 1.807) is 18.3 Å². The van der Waals surface area contributed by atoms with E-state index in [1.807, 2.05) is 6.29 Å². The van der Waals surface area contributed by atoms with Crippen LogP contribution in [0.2, 0.25) is 5.02 Å². The van der Waals surface area contributed by atoms with Crippen molar-refractivity contribution in [3.63, 3.8) is 0 Å². The average molecular weight is 221 g/mol. The Labute approximate surface area is 102 Å². The summed E-state index contributed by atoms with van der Waals surface area (Å²) in [4.78, 5) is 14.9. The maximum absolute atomic E-state index is 10.3. The number of thiophene rings is 1. The van der Waals surface area contributed by atoms with Crippen molar-refractivity contribution in [3.05, 3.63) is 28.2 Å². The number of hydrogen-bond acceptors (Lipinski definition) is 4. The second-order valence-electron chi connectivity index (χ2n) is 2.22. The molecule has 0 aliphatic heterocycles. The maximum Gasteiger partial charge on any atom is 1.00 e. The van der Waals surface area contributed by atoms with Gasteiger partial charge in [0.25, 0.3) is 0 Å². The number of pyridine rings is 1. The van der Waals surface area contributed by atoms with Gasteiger partial charge in [-0.1, -0.05) is 16.5 Å². The van der Waals surface area contributed by atoms with Gasteiger partial charge in [-0.3, -0.25) is 4.98 Å². The molecule has 3 nitrogen and oxygen atoms in total. The molecule has 0 bridgehead atoms. The molecule has 0 aliphatic carbocycles. The summed E-state index contributed by atoms with van der Waals surface area (Å²) in [5.41, 5.74) is 0.755. The minimum atomic E-state index is 0. The van der Waals surface area contributed by atoms with Gasteiger partial charge in [-0.2, -0.15) is 17.4 Å². The second-order valence-corrected chi connectivity index (χ2v) is 3.68. The Morgan fingerprint density at radius 2 is 2.21 bits per heavy atom. The van der Waals surface area contributed by atoms with Gasteiger partial charge in [-0.05, 0) is 6.07 Å². The van der Waals surface area contributed by atoms with Crippen molar-refractivity contribution in [2.45, 2.75) is 0 Å². The Hall–Kier alpha value is -0.373. The van der Waals surface area contributed by atoms with E-state index in [1.165, 1.54) is 11.3 Å². The van der Waals surface area contributed by atoms with E-state index in [4.69, 9.17) is 11.6 Å². The molecule has 2 heterocycles. The van der Waals surface area contributed by atoms with Crippen LogP contribution >= 0.6 is 22.9 Å². The number of rotatable bonds is 1. The predicted octanol–water partition coefficient (Wildman–Crippen LogP) is -0.765. The molecule has 1 N–H and O–H groups in total. The number of halogens is 1. The topological polar surface area (TPSA) is 60.0 Å². The molecule has 0 fully saturated rings. The van der Waals surface area contributed by atoms with Crippen molar-refractivity contribution in [1.82, 2.24) is 4.98 Å². The van der Waals surface area contributed by atoms with Crippen molar-refractivity contribution in [2.75, 3.05) is 0 Å². The van der Waals surface area contributed by atoms with Crippen molar-refractivity contribution in [3.8, 4) is 0 Å². The summed E-state index contributed by atoms with van der Waals surface area (Å²) in [5, 5.41) is 0.631. The molecule has 0 saturated carbocycles. The van der Waals surface area contributed by atoms with Crippen LogP contribution in [0.25, 0.3) is 10.2 Å². The van der Waals surface area contributed by atoms with E-state index >= 15 is 0 Å². The van der Waals surface area contributed by atoms with E-state index in [0.29, 0.717) is 9.90 Å². The van der Waals surface area contributed by atoms with E-state index in [0.717, 1.165) is 10.2 Å². The molecule has 0 aliphatic rings. The quantitative estimate of drug-likeness (QED) is 0.469. The molecule has 68 valence electrons. The van der Waals surface area contributed by atoms with E-state index in [2.05, 4.69) is 4.98 Å². The fourth-order valence-corrected chi connectivity index (χ4v) is 2.04. The van der Waals surface area contributed by atoms with Crippen LogP contribution in [0.5, 0.6) is 0 Å². The van der Waals surface area contributed by atoms with Gasteiger partial charge in [0.1, 0.15) is 0 Å². The molecule has 6 heteroatoms. The zero-order valence-corrected chi connectivity index (χ0v) is 8.89. The Balaban J connectivity index is 0.000000845. The standard InChI is InChI=1S/C8H3ClNOS.Li.H2O/c9-6-1-2-10-7-3-5(4-11)12-8(6)7;;/h1-3H;;1H2/q-1;+1;/p-1. The third kappa shape index (κ3) is 2.35. The van der Waals surface area contributed by atoms with Crippen LogP contribution in [0, 0.1) is 0 Å². The van der Waals surface area contributed by atoms with Gasteiger partial charge in [0.05, 0.1) is 9.72 Å². The summed E-state index contributed by atoms with van der Waals surface area (Å²) in [7, 11) is 0. The van der Waals surface area contributed by atoms with Crippen LogP contribution < -0.4 is 18.9 Å². The molecule has 0 amide bonds. The Kier molecular flexibility index (Phi) is 5.35. The molecule has 0 radical (unpaired) electrons. The van der Waals surface area contributed by atoms with Crippen molar-refractivity contribution in [1.29, 1.82) is 0 Å². The van der Waals surface area contributed by atoms with Crippen LogP contribution in [-0.4, -0.2) is 16.7 Å². The zero-order valence-electron chi connectivity index (χ0n) is 7.32. The van der Waals surface area contributed by atoms with Crippen molar-refractivity contribution in [2.24, 2.45) is 0 Å². The summed E-state index contributed by atoms with van der Waals surface area (Å²) >= 11 is 7.17. The molecule has 14 heavy (non-hydrogen) atoms. The zero-order chi connectivity index (χ0) is 8.55. The predicted molar refractivity (Wildman–Crippen MR) is 51.4 cm³/mol. The normalized spacial score (nSPS) is 8.93. The van der Waals surface area contributed by atoms with Crippen LogP contribution in [0.4, 0.5) is 0 Å². The Morgan fingerprint density at radius 1 is 1.50 bits per heavy atom. The van der Waals surface area contributed by atoms with E-state index in [-0.39, 0.29) is 24.3 Å². The van der Waals surface area contributed by atoms with E-state index < -0.39 is 0 Å². The Morgan fingerprint density at radius 3 is 2.79 bits per heavy atom. The number of nitrogens with zero attached hydrogens (tertiary/aromatic N) is 1. The third-order valence-corrected chi connectivity index (χ3v) is 2.95. The number of hydrogen-bond donors (Lipinski definition) is 0. The molecule has 0 saturated heterocycles. The first-order chi connectivity index (χ1) is 5.81. The molecule has 2 rings (SSSR count). The SMILES string of the molecule is O=[C-]c1cc2nccc(Cl)c2s1.[Li+].[OH-]. The molecular weight excluding hydrogens is 217 g/mol. The fraction of sp³-hybridized carbons (Fsp3) is 0. The van der Waals surface area contributed by atoms with Crippen molar-refractivity contribution >= 4 is 39.4 Å². The van der Waals surface area contributed by atoms with Crippen LogP contribution in [0.1, 0.15) is 4.88 Å². The molecule has 0 aromatic carbocycles. The van der Waals surface area contributed by atoms with Gasteiger partial charge < -0.3 is 10.3 Å². The molecule has 2 aromatic heterocycles. The summed E-state index contributed by atoms with van der Waals surface area (Å²) in [6.07, 6.45) is 3.43. The molecular formula is C8H4ClLiNO2S-. The first-order valence-corrected chi connectivity index (χ1v) is 4.43. The van der Waals surface area contributed by atoms with Crippen molar-refractivity contribution < 1.29 is 29.1 Å². The number of fused-ring (bicyclic) bond motifs is 1. The van der Waals surface area contributed by atoms with Crippen LogP contribution in [0.15, 0.2) is 18.3 Å². The molecule has 0 unspecified atom stereocenters. The summed E-state index contributed by atoms with van der Waals surface area (Å²) in [5.74, 6) is 0. The minimum Gasteiger partial charge on any atom is -0.870 e. The third-order valence-electron chi connectivity index (χ3n) is 1.46. The number of aromatic nitrogens is 1. The minimum absolute atomic E-state index is 0. The summed E-state index contributed by atoms with van der Waals surface area (Å²) < 4.78 is 0.845. The first kappa shape index (κ1) is 13.6. The number of carbonyl (C=O) groups excluding carboxylic acids is 1. The largest absolute Gasteiger partial charge is 1.00 e. The molecule has 0 atom stereocenters. The summed E-state index contributed by atoms with van der Waals surface area (Å²) in [6, 6.07) is 3.38. The fourth-order valence-electron chi connectivity index (χ4n) is 0.957. The van der Waals surface area contributed by atoms with Gasteiger partial charge in [-0.25, -0.2) is 0 Å². The Bertz CT molecular complexity index is 446. The van der Waals surface area contributed by atoms with Gasteiger partial charge in [-0.15, -0.1) is 0 Å². The smallest absolute Gasteiger partial charge is 0.870 e. The average Bonchev–Trinajstić information content (AvgIpc) is 2.49. The van der Waals surface area contributed by atoms with Crippen LogP contribution in [0.3, 0.4) is 0 Å². The first-order valence-electron chi connectivity index (χ1n) is 3.23. The maximum atomic E-state index is 10.3. The van der Waals surface area contributed by atoms with E-state index in [9.17, 15) is 4.79 Å². The van der Waals surface area contributed by atoms with Gasteiger partial charge in [0.2, 0.25) is 0 Å². The van der Waals surface area contributed by atoms with Gasteiger partial charge in [0, 0.05) is 18.0 Å².